The van der Waals surface area contributed by atoms with Crippen LogP contribution in [0.5, 0.6) is 5.75 Å². The highest BCUT2D eigenvalue weighted by molar-refractivity contribution is 5.53. The number of pyridine rings is 1. The molecule has 1 saturated heterocycles. The zero-order valence-corrected chi connectivity index (χ0v) is 11.6. The third-order valence-electron chi connectivity index (χ3n) is 3.88. The molecule has 2 aromatic rings. The van der Waals surface area contributed by atoms with Crippen LogP contribution in [0.2, 0.25) is 0 Å². The fourth-order valence-corrected chi connectivity index (χ4v) is 2.79. The molecule has 1 N–H and O–H groups in total. The maximum atomic E-state index is 12.2. The third kappa shape index (κ3) is 2.54. The summed E-state index contributed by atoms with van der Waals surface area (Å²) in [5.41, 5.74) is 1.43. The zero-order valence-electron chi connectivity index (χ0n) is 11.6. The molecular weight excluding hydrogens is 254 g/mol. The van der Waals surface area contributed by atoms with E-state index in [-0.39, 0.29) is 5.56 Å². The Bertz CT molecular complexity index is 660. The van der Waals surface area contributed by atoms with Crippen LogP contribution in [0.3, 0.4) is 0 Å². The van der Waals surface area contributed by atoms with Crippen molar-refractivity contribution in [2.24, 2.45) is 5.92 Å². The molecule has 1 fully saturated rings. The first kappa shape index (κ1) is 13.1. The van der Waals surface area contributed by atoms with E-state index in [1.165, 1.54) is 4.40 Å². The number of piperidine rings is 1. The fraction of sp³-hybridized carbons (Fsp3) is 0.467. The van der Waals surface area contributed by atoms with E-state index >= 15 is 0 Å². The molecule has 3 rings (SSSR count). The Kier molecular flexibility index (Phi) is 3.69. The van der Waals surface area contributed by atoms with Crippen LogP contribution in [0.4, 0.5) is 0 Å². The van der Waals surface area contributed by atoms with Crippen molar-refractivity contribution in [1.82, 2.24) is 14.7 Å². The summed E-state index contributed by atoms with van der Waals surface area (Å²) in [5, 5.41) is 3.35. The molecule has 0 bridgehead atoms. The zero-order chi connectivity index (χ0) is 13.9. The highest BCUT2D eigenvalue weighted by Crippen LogP contribution is 2.19. The van der Waals surface area contributed by atoms with Gasteiger partial charge < -0.3 is 10.1 Å². The van der Waals surface area contributed by atoms with Crippen molar-refractivity contribution in [3.05, 3.63) is 40.4 Å². The largest absolute Gasteiger partial charge is 0.493 e. The van der Waals surface area contributed by atoms with Gasteiger partial charge >= 0.3 is 0 Å². The van der Waals surface area contributed by atoms with Crippen molar-refractivity contribution in [2.45, 2.75) is 19.3 Å². The van der Waals surface area contributed by atoms with Crippen LogP contribution < -0.4 is 15.6 Å². The smallest absolute Gasteiger partial charge is 0.258 e. The van der Waals surface area contributed by atoms with Gasteiger partial charge in [0.2, 0.25) is 0 Å². The molecule has 1 aliphatic rings. The first-order valence-corrected chi connectivity index (χ1v) is 7.04. The summed E-state index contributed by atoms with van der Waals surface area (Å²) in [7, 11) is 1.60. The summed E-state index contributed by atoms with van der Waals surface area (Å²) in [4.78, 5) is 16.8. The molecule has 106 valence electrons. The summed E-state index contributed by atoms with van der Waals surface area (Å²) in [5.74, 6) is 1.25. The Balaban J connectivity index is 1.97. The number of nitrogens with zero attached hydrogens (tertiary/aromatic N) is 2. The number of hydrogen-bond donors (Lipinski definition) is 1. The molecule has 1 aliphatic heterocycles. The second-order valence-corrected chi connectivity index (χ2v) is 5.25. The summed E-state index contributed by atoms with van der Waals surface area (Å²) in [6.45, 7) is 2.11. The van der Waals surface area contributed by atoms with Crippen molar-refractivity contribution in [3.63, 3.8) is 0 Å². The van der Waals surface area contributed by atoms with Gasteiger partial charge in [0.05, 0.1) is 7.11 Å². The third-order valence-corrected chi connectivity index (χ3v) is 3.88. The van der Waals surface area contributed by atoms with Gasteiger partial charge in [0.1, 0.15) is 0 Å². The van der Waals surface area contributed by atoms with Gasteiger partial charge in [0, 0.05) is 18.0 Å². The van der Waals surface area contributed by atoms with Gasteiger partial charge in [-0.1, -0.05) is 0 Å². The van der Waals surface area contributed by atoms with E-state index in [1.807, 2.05) is 6.07 Å². The number of methoxy groups -OCH3 is 1. The molecule has 0 saturated carbocycles. The maximum absolute atomic E-state index is 12.2. The van der Waals surface area contributed by atoms with Gasteiger partial charge in [-0.3, -0.25) is 9.20 Å². The van der Waals surface area contributed by atoms with Crippen LogP contribution in [0.25, 0.3) is 5.65 Å². The molecule has 5 heteroatoms. The van der Waals surface area contributed by atoms with Crippen molar-refractivity contribution in [3.8, 4) is 5.75 Å². The molecule has 0 atom stereocenters. The molecule has 0 spiro atoms. The van der Waals surface area contributed by atoms with Gasteiger partial charge in [0.15, 0.2) is 11.4 Å². The number of rotatable bonds is 3. The second kappa shape index (κ2) is 5.63. The topological polar surface area (TPSA) is 55.6 Å². The summed E-state index contributed by atoms with van der Waals surface area (Å²) < 4.78 is 6.83. The first-order chi connectivity index (χ1) is 9.78. The van der Waals surface area contributed by atoms with E-state index in [0.29, 0.717) is 17.3 Å². The van der Waals surface area contributed by atoms with Crippen LogP contribution in [0.15, 0.2) is 29.2 Å². The van der Waals surface area contributed by atoms with Crippen LogP contribution in [-0.2, 0) is 6.42 Å². The molecule has 0 aromatic carbocycles. The Morgan fingerprint density at radius 2 is 2.25 bits per heavy atom. The van der Waals surface area contributed by atoms with E-state index in [9.17, 15) is 4.79 Å². The van der Waals surface area contributed by atoms with Crippen molar-refractivity contribution in [1.29, 1.82) is 0 Å². The Labute approximate surface area is 117 Å². The lowest BCUT2D eigenvalue weighted by Gasteiger charge is -2.22. The molecule has 20 heavy (non-hydrogen) atoms. The standard InChI is InChI=1S/C15H19N3O2/c1-20-13-3-2-8-18-14(19)10-12(17-15(13)18)9-11-4-6-16-7-5-11/h2-3,8,10-11,16H,4-7,9H2,1H3. The molecule has 0 amide bonds. The molecule has 0 unspecified atom stereocenters. The van der Waals surface area contributed by atoms with E-state index in [0.717, 1.165) is 38.0 Å². The highest BCUT2D eigenvalue weighted by atomic mass is 16.5. The SMILES string of the molecule is COc1cccn2c(=O)cc(CC3CCNCC3)nc12. The quantitative estimate of drug-likeness (QED) is 0.914. The Hall–Kier alpha value is -1.88. The minimum absolute atomic E-state index is 0.0437. The Morgan fingerprint density at radius 1 is 1.45 bits per heavy atom. The lowest BCUT2D eigenvalue weighted by atomic mass is 9.93. The lowest BCUT2D eigenvalue weighted by Crippen LogP contribution is -2.29. The van der Waals surface area contributed by atoms with Crippen molar-refractivity contribution in [2.75, 3.05) is 20.2 Å². The molecule has 3 heterocycles. The molecular formula is C15H19N3O2. The van der Waals surface area contributed by atoms with Crippen LogP contribution in [-0.4, -0.2) is 29.6 Å². The van der Waals surface area contributed by atoms with Gasteiger partial charge in [-0.15, -0.1) is 0 Å². The van der Waals surface area contributed by atoms with Crippen LogP contribution >= 0.6 is 0 Å². The molecule has 5 nitrogen and oxygen atoms in total. The van der Waals surface area contributed by atoms with Crippen molar-refractivity contribution >= 4 is 5.65 Å². The average molecular weight is 273 g/mol. The highest BCUT2D eigenvalue weighted by Gasteiger charge is 2.15. The van der Waals surface area contributed by atoms with Gasteiger partial charge in [-0.2, -0.15) is 0 Å². The number of fused-ring (bicyclic) bond motifs is 1. The summed E-state index contributed by atoms with van der Waals surface area (Å²) >= 11 is 0. The normalized spacial score (nSPS) is 16.4. The van der Waals surface area contributed by atoms with Gasteiger partial charge in [0.25, 0.3) is 5.56 Å². The monoisotopic (exact) mass is 273 g/mol. The number of nitrogens with one attached hydrogen (secondary N) is 1. The fourth-order valence-electron chi connectivity index (χ4n) is 2.79. The van der Waals surface area contributed by atoms with Crippen molar-refractivity contribution < 1.29 is 4.74 Å². The Morgan fingerprint density at radius 3 is 3.00 bits per heavy atom. The molecule has 0 radical (unpaired) electrons. The van der Waals surface area contributed by atoms with E-state index in [2.05, 4.69) is 10.3 Å². The number of aromatic nitrogens is 2. The number of ether oxygens (including phenoxy) is 1. The predicted octanol–water partition coefficient (Wildman–Crippen LogP) is 1.25. The second-order valence-electron chi connectivity index (χ2n) is 5.25. The number of hydrogen-bond acceptors (Lipinski definition) is 4. The maximum Gasteiger partial charge on any atom is 0.258 e. The minimum Gasteiger partial charge on any atom is -0.493 e. The van der Waals surface area contributed by atoms with Crippen LogP contribution in [0.1, 0.15) is 18.5 Å². The van der Waals surface area contributed by atoms with Gasteiger partial charge in [-0.05, 0) is 50.4 Å². The minimum atomic E-state index is -0.0437. The van der Waals surface area contributed by atoms with Gasteiger partial charge in [-0.25, -0.2) is 4.98 Å². The molecule has 0 aliphatic carbocycles. The molecule has 2 aromatic heterocycles. The van der Waals surface area contributed by atoms with Crippen LogP contribution in [0, 0.1) is 5.92 Å². The van der Waals surface area contributed by atoms with E-state index in [1.54, 1.807) is 25.4 Å². The first-order valence-electron chi connectivity index (χ1n) is 7.04. The predicted molar refractivity (Wildman–Crippen MR) is 77.3 cm³/mol. The lowest BCUT2D eigenvalue weighted by molar-refractivity contribution is 0.370. The van der Waals surface area contributed by atoms with E-state index in [4.69, 9.17) is 4.74 Å². The summed E-state index contributed by atoms with van der Waals surface area (Å²) in [6, 6.07) is 5.27. The average Bonchev–Trinajstić information content (AvgIpc) is 2.48. The van der Waals surface area contributed by atoms with E-state index < -0.39 is 0 Å². The summed E-state index contributed by atoms with van der Waals surface area (Å²) in [6.07, 6.45) is 4.88.